The van der Waals surface area contributed by atoms with Crippen molar-refractivity contribution in [1.29, 1.82) is 0 Å². The minimum Gasteiger partial charge on any atom is -0.481 e. The molecule has 6 rings (SSSR count). The molecule has 4 aromatic rings. The second kappa shape index (κ2) is 8.57. The first-order valence-corrected chi connectivity index (χ1v) is 11.9. The molecule has 2 saturated carbocycles. The minimum atomic E-state index is -0.126. The van der Waals surface area contributed by atoms with Crippen LogP contribution in [0.25, 0.3) is 5.65 Å². The number of amides is 1. The lowest BCUT2D eigenvalue weighted by Crippen LogP contribution is -2.15. The Labute approximate surface area is 202 Å². The zero-order valence-corrected chi connectivity index (χ0v) is 19.4. The van der Waals surface area contributed by atoms with Crippen LogP contribution in [0.5, 0.6) is 5.88 Å². The summed E-state index contributed by atoms with van der Waals surface area (Å²) >= 11 is 0. The lowest BCUT2D eigenvalue weighted by Gasteiger charge is -2.08. The highest BCUT2D eigenvalue weighted by Crippen LogP contribution is 2.48. The first-order chi connectivity index (χ1) is 17.1. The summed E-state index contributed by atoms with van der Waals surface area (Å²) in [4.78, 5) is 25.9. The summed E-state index contributed by atoms with van der Waals surface area (Å²) in [7, 11) is 1.55. The summed E-state index contributed by atoms with van der Waals surface area (Å²) in [6, 6.07) is 11.6. The van der Waals surface area contributed by atoms with E-state index in [-0.39, 0.29) is 17.7 Å². The van der Waals surface area contributed by atoms with Gasteiger partial charge in [-0.1, -0.05) is 6.07 Å². The van der Waals surface area contributed by atoms with E-state index in [1.807, 2.05) is 18.2 Å². The van der Waals surface area contributed by atoms with Gasteiger partial charge in [0.05, 0.1) is 19.3 Å². The van der Waals surface area contributed by atoms with Crippen LogP contribution in [0.4, 0.5) is 17.3 Å². The van der Waals surface area contributed by atoms with Crippen LogP contribution in [-0.4, -0.2) is 32.4 Å². The fourth-order valence-electron chi connectivity index (χ4n) is 4.54. The van der Waals surface area contributed by atoms with Gasteiger partial charge in [-0.2, -0.15) is 4.98 Å². The van der Waals surface area contributed by atoms with Gasteiger partial charge in [0.2, 0.25) is 11.8 Å². The van der Waals surface area contributed by atoms with Crippen LogP contribution in [0.3, 0.4) is 0 Å². The van der Waals surface area contributed by atoms with Crippen molar-refractivity contribution in [3.63, 3.8) is 0 Å². The molecule has 9 heteroatoms. The molecule has 4 N–H and O–H groups in total. The zero-order valence-electron chi connectivity index (χ0n) is 19.4. The number of pyridine rings is 3. The minimum absolute atomic E-state index is 0.0548. The van der Waals surface area contributed by atoms with Gasteiger partial charge < -0.3 is 25.5 Å². The van der Waals surface area contributed by atoms with Gasteiger partial charge in [0.1, 0.15) is 17.3 Å². The predicted octanol–water partition coefficient (Wildman–Crippen LogP) is 3.95. The Bertz CT molecular complexity index is 1410. The third kappa shape index (κ3) is 4.62. The van der Waals surface area contributed by atoms with Gasteiger partial charge in [0.25, 0.3) is 0 Å². The molecule has 35 heavy (non-hydrogen) atoms. The molecule has 0 saturated heterocycles. The van der Waals surface area contributed by atoms with E-state index in [1.165, 1.54) is 18.4 Å². The molecule has 2 aliphatic carbocycles. The zero-order chi connectivity index (χ0) is 23.9. The van der Waals surface area contributed by atoms with Crippen molar-refractivity contribution in [3.8, 4) is 5.88 Å². The number of fused-ring (bicyclic) bond motifs is 1. The van der Waals surface area contributed by atoms with E-state index in [0.717, 1.165) is 29.0 Å². The lowest BCUT2D eigenvalue weighted by atomic mass is 10.1. The normalized spacial score (nSPS) is 18.9. The quantitative estimate of drug-likeness (QED) is 0.357. The Balaban J connectivity index is 1.07. The third-order valence-electron chi connectivity index (χ3n) is 6.67. The van der Waals surface area contributed by atoms with Crippen molar-refractivity contribution in [3.05, 3.63) is 71.8 Å². The number of ether oxygens (including phenoxy) is 1. The Morgan fingerprint density at radius 2 is 2.03 bits per heavy atom. The van der Waals surface area contributed by atoms with Gasteiger partial charge >= 0.3 is 0 Å². The van der Waals surface area contributed by atoms with Crippen molar-refractivity contribution in [2.45, 2.75) is 37.6 Å². The van der Waals surface area contributed by atoms with Gasteiger partial charge in [-0.15, -0.1) is 0 Å². The average Bonchev–Trinajstić information content (AvgIpc) is 3.78. The molecule has 2 aliphatic rings. The SMILES string of the molecule is COc1cc([C@H]2CC2C(=O)Nc2cc(NCc3cn4cc(C5CC5)ccc4n3)ccn2)cc(N)n1. The van der Waals surface area contributed by atoms with Crippen molar-refractivity contribution >= 4 is 28.9 Å². The van der Waals surface area contributed by atoms with Crippen LogP contribution in [0.1, 0.15) is 47.9 Å². The standard InChI is InChI=1S/C26H27N7O2/c1-35-25-9-17(8-22(27)31-25)20-11-21(20)26(34)32-23-10-18(6-7-28-23)29-12-19-14-33-13-16(15-2-3-15)4-5-24(33)30-19/h4-10,13-15,20-21H,2-3,11-12H2,1H3,(H2,27,31)(H2,28,29,32,34)/t20-,21?/m1/s1. The summed E-state index contributed by atoms with van der Waals surface area (Å²) < 4.78 is 7.29. The Morgan fingerprint density at radius 1 is 1.14 bits per heavy atom. The number of nitrogens with one attached hydrogen (secondary N) is 2. The fraction of sp³-hybridized carbons (Fsp3) is 0.308. The van der Waals surface area contributed by atoms with E-state index in [0.29, 0.717) is 30.0 Å². The first-order valence-electron chi connectivity index (χ1n) is 11.9. The highest BCUT2D eigenvalue weighted by Gasteiger charge is 2.44. The van der Waals surface area contributed by atoms with Gasteiger partial charge in [0.15, 0.2) is 0 Å². The number of hydrogen-bond acceptors (Lipinski definition) is 7. The van der Waals surface area contributed by atoms with Crippen molar-refractivity contribution in [2.75, 3.05) is 23.5 Å². The number of carbonyl (C=O) groups is 1. The van der Waals surface area contributed by atoms with E-state index in [2.05, 4.69) is 49.5 Å². The summed E-state index contributed by atoms with van der Waals surface area (Å²) in [5.74, 6) is 2.00. The summed E-state index contributed by atoms with van der Waals surface area (Å²) in [6.07, 6.45) is 9.25. The van der Waals surface area contributed by atoms with E-state index in [1.54, 1.807) is 19.4 Å². The molecule has 0 bridgehead atoms. The van der Waals surface area contributed by atoms with Crippen molar-refractivity contribution in [1.82, 2.24) is 19.4 Å². The molecule has 178 valence electrons. The number of nitrogens with zero attached hydrogens (tertiary/aromatic N) is 4. The molecule has 0 aliphatic heterocycles. The van der Waals surface area contributed by atoms with E-state index in [4.69, 9.17) is 15.5 Å². The number of nitrogen functional groups attached to an aromatic ring is 1. The smallest absolute Gasteiger partial charge is 0.229 e. The van der Waals surface area contributed by atoms with E-state index >= 15 is 0 Å². The van der Waals surface area contributed by atoms with Crippen LogP contribution in [0.2, 0.25) is 0 Å². The molecule has 4 aromatic heterocycles. The van der Waals surface area contributed by atoms with Gasteiger partial charge in [0, 0.05) is 42.3 Å². The second-order valence-electron chi connectivity index (χ2n) is 9.32. The maximum absolute atomic E-state index is 12.8. The highest BCUT2D eigenvalue weighted by molar-refractivity contribution is 5.94. The molecule has 2 fully saturated rings. The largest absolute Gasteiger partial charge is 0.481 e. The Hall–Kier alpha value is -4.14. The highest BCUT2D eigenvalue weighted by atomic mass is 16.5. The monoisotopic (exact) mass is 469 g/mol. The fourth-order valence-corrected chi connectivity index (χ4v) is 4.54. The topological polar surface area (TPSA) is 119 Å². The van der Waals surface area contributed by atoms with E-state index in [9.17, 15) is 4.79 Å². The molecule has 4 heterocycles. The predicted molar refractivity (Wildman–Crippen MR) is 133 cm³/mol. The summed E-state index contributed by atoms with van der Waals surface area (Å²) in [5, 5.41) is 6.32. The number of nitrogens with two attached hydrogens (primary N) is 1. The average molecular weight is 470 g/mol. The maximum atomic E-state index is 12.8. The number of methoxy groups -OCH3 is 1. The van der Waals surface area contributed by atoms with Crippen LogP contribution in [-0.2, 0) is 11.3 Å². The first kappa shape index (κ1) is 21.4. The number of aromatic nitrogens is 4. The van der Waals surface area contributed by atoms with Crippen LogP contribution < -0.4 is 21.1 Å². The van der Waals surface area contributed by atoms with Crippen LogP contribution >= 0.6 is 0 Å². The third-order valence-corrected chi connectivity index (χ3v) is 6.67. The van der Waals surface area contributed by atoms with Crippen LogP contribution in [0, 0.1) is 5.92 Å². The molecule has 9 nitrogen and oxygen atoms in total. The molecular weight excluding hydrogens is 442 g/mol. The Morgan fingerprint density at radius 3 is 2.86 bits per heavy atom. The molecule has 0 radical (unpaired) electrons. The Kier molecular flexibility index (Phi) is 5.24. The van der Waals surface area contributed by atoms with Crippen LogP contribution in [0.15, 0.2) is 55.0 Å². The molecule has 1 amide bonds. The molecule has 0 aromatic carbocycles. The second-order valence-corrected chi connectivity index (χ2v) is 9.32. The maximum Gasteiger partial charge on any atom is 0.229 e. The number of hydrogen-bond donors (Lipinski definition) is 3. The number of anilines is 3. The number of imidazole rings is 1. The van der Waals surface area contributed by atoms with Crippen molar-refractivity contribution < 1.29 is 9.53 Å². The summed E-state index contributed by atoms with van der Waals surface area (Å²) in [6.45, 7) is 0.577. The number of carbonyl (C=O) groups excluding carboxylic acids is 1. The molecular formula is C26H27N7O2. The summed E-state index contributed by atoms with van der Waals surface area (Å²) in [5.41, 5.74) is 11.0. The molecule has 2 atom stereocenters. The molecule has 0 spiro atoms. The van der Waals surface area contributed by atoms with E-state index < -0.39 is 0 Å². The number of rotatable bonds is 8. The molecule has 1 unspecified atom stereocenters. The van der Waals surface area contributed by atoms with Gasteiger partial charge in [-0.05, 0) is 60.4 Å². The van der Waals surface area contributed by atoms with Crippen molar-refractivity contribution in [2.24, 2.45) is 5.92 Å². The van der Waals surface area contributed by atoms with Gasteiger partial charge in [-0.25, -0.2) is 9.97 Å². The lowest BCUT2D eigenvalue weighted by molar-refractivity contribution is -0.117. The van der Waals surface area contributed by atoms with Gasteiger partial charge in [-0.3, -0.25) is 4.79 Å².